The number of ether oxygens (including phenoxy) is 2. The van der Waals surface area contributed by atoms with Crippen LogP contribution in [-0.2, 0) is 19.1 Å². The predicted octanol–water partition coefficient (Wildman–Crippen LogP) is 7.51. The third-order valence-corrected chi connectivity index (χ3v) is 23.3. The van der Waals surface area contributed by atoms with Gasteiger partial charge in [-0.2, -0.15) is 0 Å². The molecule has 0 fully saturated rings. The number of aliphatic hydroxyl groups excluding tert-OH is 1. The van der Waals surface area contributed by atoms with Gasteiger partial charge in [-0.3, -0.25) is 4.79 Å². The normalized spacial score (nSPS) is 13.0. The Bertz CT molecular complexity index is 1550. The molecule has 1 atom stereocenters. The van der Waals surface area contributed by atoms with Gasteiger partial charge in [0.1, 0.15) is 16.1 Å². The van der Waals surface area contributed by atoms with E-state index in [0.717, 1.165) is 24.9 Å². The lowest BCUT2D eigenvalue weighted by Crippen LogP contribution is -2.64. The first-order valence-corrected chi connectivity index (χ1v) is 23.0. The monoisotopic (exact) mass is 722 g/mol. The second-order valence-electron chi connectivity index (χ2n) is 15.8. The van der Waals surface area contributed by atoms with Crippen LogP contribution < -0.4 is 20.7 Å². The number of hydrogen-bond acceptors (Lipinski definition) is 5. The highest BCUT2D eigenvalue weighted by molar-refractivity contribution is 7.04. The highest BCUT2D eigenvalue weighted by Crippen LogP contribution is 2.40. The van der Waals surface area contributed by atoms with E-state index >= 15 is 0 Å². The smallest absolute Gasteiger partial charge is 0.335 e. The Kier molecular flexibility index (Phi) is 14.2. The van der Waals surface area contributed by atoms with Gasteiger partial charge >= 0.3 is 11.9 Å². The minimum absolute atomic E-state index is 0.0599. The van der Waals surface area contributed by atoms with Crippen LogP contribution in [-0.4, -0.2) is 52.5 Å². The van der Waals surface area contributed by atoms with Gasteiger partial charge in [-0.15, -0.1) is 0 Å². The molecule has 7 heteroatoms. The molecule has 0 spiro atoms. The Morgan fingerprint density at radius 2 is 0.843 bits per heavy atom. The molecule has 0 heterocycles. The fraction of sp³-hybridized carbons (Fsp3) is 0.409. The molecule has 1 N–H and O–H groups in total. The first kappa shape index (κ1) is 40.0. The van der Waals surface area contributed by atoms with Gasteiger partial charge in [-0.1, -0.05) is 196 Å². The molecular formula is C44H58O5Si2. The summed E-state index contributed by atoms with van der Waals surface area (Å²) in [6.07, 6.45) is 1.23. The van der Waals surface area contributed by atoms with E-state index in [4.69, 9.17) is 9.47 Å². The van der Waals surface area contributed by atoms with Gasteiger partial charge < -0.3 is 14.6 Å². The minimum atomic E-state index is -2.19. The number of carbonyl (C=O) groups excluding carboxylic acids is 2. The number of hydrogen-bond donors (Lipinski definition) is 1. The Morgan fingerprint density at radius 1 is 0.529 bits per heavy atom. The lowest BCUT2D eigenvalue weighted by molar-refractivity contribution is -0.160. The zero-order valence-corrected chi connectivity index (χ0v) is 33.6. The molecule has 4 rings (SSSR count). The molecule has 0 aliphatic rings. The summed E-state index contributed by atoms with van der Waals surface area (Å²) in [5.74, 6) is -1.36. The molecule has 4 aromatic carbocycles. The molecule has 272 valence electrons. The second kappa shape index (κ2) is 18.1. The molecule has 0 bridgehead atoms. The zero-order valence-electron chi connectivity index (χ0n) is 31.6. The second-order valence-corrected chi connectivity index (χ2v) is 25.7. The van der Waals surface area contributed by atoms with Crippen LogP contribution in [0.3, 0.4) is 0 Å². The van der Waals surface area contributed by atoms with Gasteiger partial charge in [-0.25, -0.2) is 4.79 Å². The Hall–Kier alpha value is -3.79. The van der Waals surface area contributed by atoms with Crippen LogP contribution in [0.4, 0.5) is 0 Å². The lowest BCUT2D eigenvalue weighted by atomic mass is 10.2. The molecule has 0 saturated heterocycles. The molecule has 0 amide bonds. The Balaban J connectivity index is 1.25. The van der Waals surface area contributed by atoms with Crippen molar-refractivity contribution in [2.45, 2.75) is 102 Å². The van der Waals surface area contributed by atoms with Crippen LogP contribution in [0, 0.1) is 0 Å². The predicted molar refractivity (Wildman–Crippen MR) is 216 cm³/mol. The zero-order chi connectivity index (χ0) is 37.0. The van der Waals surface area contributed by atoms with Crippen molar-refractivity contribution in [3.8, 4) is 0 Å². The van der Waals surface area contributed by atoms with E-state index in [1.54, 1.807) is 0 Å². The van der Waals surface area contributed by atoms with Crippen molar-refractivity contribution in [3.63, 3.8) is 0 Å². The van der Waals surface area contributed by atoms with Crippen molar-refractivity contribution < 1.29 is 24.2 Å². The van der Waals surface area contributed by atoms with Crippen LogP contribution in [0.25, 0.3) is 0 Å². The van der Waals surface area contributed by atoms with Gasteiger partial charge in [0.15, 0.2) is 6.10 Å². The standard InChI is InChI=1S/C44H58O5Si2/c1-43(2,3)50(36-23-11-7-12-24-36,37-25-13-8-14-26-37)33-21-19-31-48-41(46)35-40(45)42(47)49-32-20-22-34-51(44(4,5)6,38-27-15-9-16-28-38)39-29-17-10-18-30-39/h7-18,23-30,40,45H,19-22,31-35H2,1-6H3. The van der Waals surface area contributed by atoms with E-state index in [9.17, 15) is 14.7 Å². The fourth-order valence-electron chi connectivity index (χ4n) is 8.02. The number of carbonyl (C=O) groups is 2. The van der Waals surface area contributed by atoms with Gasteiger partial charge in [0.25, 0.3) is 0 Å². The molecule has 1 unspecified atom stereocenters. The van der Waals surface area contributed by atoms with E-state index < -0.39 is 40.6 Å². The van der Waals surface area contributed by atoms with Crippen LogP contribution in [0.5, 0.6) is 0 Å². The van der Waals surface area contributed by atoms with Crippen LogP contribution in [0.1, 0.15) is 73.6 Å². The van der Waals surface area contributed by atoms with Crippen molar-refractivity contribution in [2.75, 3.05) is 13.2 Å². The third kappa shape index (κ3) is 9.76. The van der Waals surface area contributed by atoms with E-state index in [-0.39, 0.29) is 23.3 Å². The lowest BCUT2D eigenvalue weighted by Gasteiger charge is -2.44. The third-order valence-electron chi connectivity index (χ3n) is 10.7. The summed E-state index contributed by atoms with van der Waals surface area (Å²) in [4.78, 5) is 25.2. The van der Waals surface area contributed by atoms with Crippen LogP contribution in [0.15, 0.2) is 121 Å². The number of rotatable bonds is 17. The maximum absolute atomic E-state index is 12.6. The van der Waals surface area contributed by atoms with Gasteiger partial charge in [0.2, 0.25) is 0 Å². The SMILES string of the molecule is CC(C)(C)[Si](CCCCOC(=O)CC(O)C(=O)OCCCC[Si](c1ccccc1)(c1ccccc1)C(C)(C)C)(c1ccccc1)c1ccccc1. The van der Waals surface area contributed by atoms with Crippen molar-refractivity contribution in [3.05, 3.63) is 121 Å². The molecule has 5 nitrogen and oxygen atoms in total. The minimum Gasteiger partial charge on any atom is -0.466 e. The average Bonchev–Trinajstić information content (AvgIpc) is 3.11. The number of esters is 2. The summed E-state index contributed by atoms with van der Waals surface area (Å²) in [6, 6.07) is 45.4. The topological polar surface area (TPSA) is 72.8 Å². The van der Waals surface area contributed by atoms with E-state index in [2.05, 4.69) is 163 Å². The summed E-state index contributed by atoms with van der Waals surface area (Å²) in [5, 5.41) is 16.2. The maximum Gasteiger partial charge on any atom is 0.335 e. The average molecular weight is 723 g/mol. The quantitative estimate of drug-likeness (QED) is 0.0694. The Labute approximate surface area is 308 Å². The Morgan fingerprint density at radius 3 is 1.16 bits per heavy atom. The highest BCUT2D eigenvalue weighted by Gasteiger charge is 2.47. The largest absolute Gasteiger partial charge is 0.466 e. The summed E-state index contributed by atoms with van der Waals surface area (Å²) in [6.45, 7) is 14.5. The van der Waals surface area contributed by atoms with Crippen molar-refractivity contribution >= 4 is 48.8 Å². The van der Waals surface area contributed by atoms with E-state index in [0.29, 0.717) is 12.8 Å². The van der Waals surface area contributed by atoms with Gasteiger partial charge in [0, 0.05) is 0 Å². The summed E-state index contributed by atoms with van der Waals surface area (Å²) in [5.41, 5.74) is 0. The van der Waals surface area contributed by atoms with Crippen LogP contribution >= 0.6 is 0 Å². The molecule has 0 aliphatic carbocycles. The molecular weight excluding hydrogens is 665 g/mol. The fourth-order valence-corrected chi connectivity index (χ4v) is 19.4. The van der Waals surface area contributed by atoms with E-state index in [1.807, 2.05) is 0 Å². The molecule has 0 radical (unpaired) electrons. The van der Waals surface area contributed by atoms with Gasteiger partial charge in [-0.05, 0) is 35.0 Å². The van der Waals surface area contributed by atoms with Crippen LogP contribution in [0.2, 0.25) is 22.2 Å². The molecule has 0 aromatic heterocycles. The van der Waals surface area contributed by atoms with Gasteiger partial charge in [0.05, 0.1) is 19.6 Å². The number of benzene rings is 4. The molecule has 51 heavy (non-hydrogen) atoms. The summed E-state index contributed by atoms with van der Waals surface area (Å²) < 4.78 is 10.9. The first-order valence-electron chi connectivity index (χ1n) is 18.6. The number of aliphatic hydroxyl groups is 1. The first-order chi connectivity index (χ1) is 24.3. The highest BCUT2D eigenvalue weighted by atomic mass is 28.3. The molecule has 0 aliphatic heterocycles. The maximum atomic E-state index is 12.6. The number of unbranched alkanes of at least 4 members (excludes halogenated alkanes) is 2. The van der Waals surface area contributed by atoms with E-state index in [1.165, 1.54) is 20.7 Å². The van der Waals surface area contributed by atoms with Crippen molar-refractivity contribution in [2.24, 2.45) is 0 Å². The summed E-state index contributed by atoms with van der Waals surface area (Å²) >= 11 is 0. The van der Waals surface area contributed by atoms with Crippen molar-refractivity contribution in [1.29, 1.82) is 0 Å². The molecule has 0 saturated carbocycles. The summed E-state index contributed by atoms with van der Waals surface area (Å²) in [7, 11) is -4.37. The van der Waals surface area contributed by atoms with Crippen molar-refractivity contribution in [1.82, 2.24) is 0 Å². The molecule has 4 aromatic rings.